The van der Waals surface area contributed by atoms with Gasteiger partial charge in [-0.3, -0.25) is 4.79 Å². The first-order chi connectivity index (χ1) is 7.54. The number of rotatable bonds is 4. The molecule has 0 spiro atoms. The molecular formula is C11H13BrClNO2. The molecule has 0 bridgehead atoms. The lowest BCUT2D eigenvalue weighted by atomic mass is 10.1. The Labute approximate surface area is 108 Å². The summed E-state index contributed by atoms with van der Waals surface area (Å²) in [6, 6.07) is 5.66. The first kappa shape index (κ1) is 13.5. The Morgan fingerprint density at radius 2 is 2.31 bits per heavy atom. The molecule has 1 unspecified atom stereocenters. The number of hydrogen-bond donors (Lipinski definition) is 1. The Bertz CT molecular complexity index is 384. The van der Waals surface area contributed by atoms with Gasteiger partial charge in [-0.05, 0) is 24.6 Å². The van der Waals surface area contributed by atoms with Gasteiger partial charge in [-0.15, -0.1) is 0 Å². The molecule has 5 heteroatoms. The van der Waals surface area contributed by atoms with Gasteiger partial charge in [0.2, 0.25) is 0 Å². The second-order valence-electron chi connectivity index (χ2n) is 3.34. The monoisotopic (exact) mass is 305 g/mol. The minimum atomic E-state index is -0.292. The van der Waals surface area contributed by atoms with Crippen LogP contribution >= 0.6 is 27.5 Å². The molecule has 1 atom stereocenters. The molecule has 1 aromatic carbocycles. The maximum absolute atomic E-state index is 11.0. The number of esters is 1. The topological polar surface area (TPSA) is 38.3 Å². The van der Waals surface area contributed by atoms with Crippen LogP contribution in [0.2, 0.25) is 5.02 Å². The smallest absolute Gasteiger partial charge is 0.319 e. The molecule has 0 amide bonds. The number of carbonyl (C=O) groups excluding carboxylic acids is 1. The zero-order valence-corrected chi connectivity index (χ0v) is 11.4. The molecule has 1 N–H and O–H groups in total. The van der Waals surface area contributed by atoms with Gasteiger partial charge in [-0.25, -0.2) is 0 Å². The Hall–Kier alpha value is -0.580. The first-order valence-electron chi connectivity index (χ1n) is 4.79. The van der Waals surface area contributed by atoms with E-state index in [1.54, 1.807) is 0 Å². The van der Waals surface area contributed by atoms with Crippen LogP contribution in [0, 0.1) is 0 Å². The van der Waals surface area contributed by atoms with E-state index in [1.165, 1.54) is 7.11 Å². The van der Waals surface area contributed by atoms with Crippen molar-refractivity contribution in [1.29, 1.82) is 0 Å². The molecule has 0 aliphatic carbocycles. The fraction of sp³-hybridized carbons (Fsp3) is 0.364. The van der Waals surface area contributed by atoms with Crippen LogP contribution in [0.3, 0.4) is 0 Å². The molecule has 0 saturated heterocycles. The summed E-state index contributed by atoms with van der Waals surface area (Å²) < 4.78 is 5.48. The molecular weight excluding hydrogens is 293 g/mol. The van der Waals surface area contributed by atoms with E-state index in [4.69, 9.17) is 11.6 Å². The molecule has 0 saturated carbocycles. The minimum Gasteiger partial charge on any atom is -0.468 e. The van der Waals surface area contributed by atoms with Gasteiger partial charge in [-0.1, -0.05) is 33.6 Å². The molecule has 3 nitrogen and oxygen atoms in total. The van der Waals surface area contributed by atoms with Crippen LogP contribution in [0.25, 0.3) is 0 Å². The number of nitrogens with one attached hydrogen (secondary N) is 1. The quantitative estimate of drug-likeness (QED) is 0.869. The van der Waals surface area contributed by atoms with Crippen LogP contribution in [0.4, 0.5) is 0 Å². The molecule has 0 radical (unpaired) electrons. The van der Waals surface area contributed by atoms with E-state index < -0.39 is 0 Å². The Kier molecular flexibility index (Phi) is 5.25. The van der Waals surface area contributed by atoms with Gasteiger partial charge in [0.05, 0.1) is 13.7 Å². The highest BCUT2D eigenvalue weighted by Crippen LogP contribution is 2.26. The van der Waals surface area contributed by atoms with Crippen LogP contribution in [0.15, 0.2) is 22.7 Å². The zero-order valence-electron chi connectivity index (χ0n) is 9.09. The van der Waals surface area contributed by atoms with E-state index in [1.807, 2.05) is 25.1 Å². The van der Waals surface area contributed by atoms with E-state index >= 15 is 0 Å². The lowest BCUT2D eigenvalue weighted by molar-refractivity contribution is -0.139. The van der Waals surface area contributed by atoms with Crippen molar-refractivity contribution in [2.24, 2.45) is 0 Å². The molecule has 0 aliphatic rings. The Morgan fingerprint density at radius 3 is 2.88 bits per heavy atom. The van der Waals surface area contributed by atoms with Gasteiger partial charge >= 0.3 is 5.97 Å². The number of carbonyl (C=O) groups is 1. The maximum atomic E-state index is 11.0. The van der Waals surface area contributed by atoms with Crippen molar-refractivity contribution in [3.05, 3.63) is 33.3 Å². The second-order valence-corrected chi connectivity index (χ2v) is 4.67. The molecule has 0 aromatic heterocycles. The number of hydrogen-bond acceptors (Lipinski definition) is 3. The van der Waals surface area contributed by atoms with Crippen molar-refractivity contribution in [2.75, 3.05) is 13.7 Å². The van der Waals surface area contributed by atoms with Crippen LogP contribution in [-0.2, 0) is 9.53 Å². The summed E-state index contributed by atoms with van der Waals surface area (Å²) >= 11 is 9.43. The molecule has 1 aromatic rings. The summed E-state index contributed by atoms with van der Waals surface area (Å²) in [6.45, 7) is 2.11. The third-order valence-corrected chi connectivity index (χ3v) is 3.03. The van der Waals surface area contributed by atoms with E-state index in [-0.39, 0.29) is 18.6 Å². The summed E-state index contributed by atoms with van der Waals surface area (Å²) in [4.78, 5) is 11.0. The first-order valence-corrected chi connectivity index (χ1v) is 5.97. The van der Waals surface area contributed by atoms with Gasteiger partial charge in [0.15, 0.2) is 0 Å². The average Bonchev–Trinajstić information content (AvgIpc) is 2.25. The number of halogens is 2. The van der Waals surface area contributed by atoms with Crippen LogP contribution in [0.1, 0.15) is 18.5 Å². The van der Waals surface area contributed by atoms with Crippen molar-refractivity contribution < 1.29 is 9.53 Å². The van der Waals surface area contributed by atoms with Crippen LogP contribution < -0.4 is 5.32 Å². The standard InChI is InChI=1S/C11H13BrClNO2/c1-7(14-6-11(15)16-2)9-4-3-8(12)5-10(9)13/h3-5,7,14H,6H2,1-2H3. The predicted molar refractivity (Wildman–Crippen MR) is 67.6 cm³/mol. The van der Waals surface area contributed by atoms with E-state index in [0.717, 1.165) is 10.0 Å². The van der Waals surface area contributed by atoms with Crippen LogP contribution in [-0.4, -0.2) is 19.6 Å². The van der Waals surface area contributed by atoms with E-state index in [9.17, 15) is 4.79 Å². The summed E-state index contributed by atoms with van der Waals surface area (Å²) in [5.41, 5.74) is 0.953. The lowest BCUT2D eigenvalue weighted by Crippen LogP contribution is -2.26. The van der Waals surface area contributed by atoms with E-state index in [0.29, 0.717) is 5.02 Å². The van der Waals surface area contributed by atoms with Crippen molar-refractivity contribution in [1.82, 2.24) is 5.32 Å². The van der Waals surface area contributed by atoms with Gasteiger partial charge in [0, 0.05) is 15.5 Å². The fourth-order valence-electron chi connectivity index (χ4n) is 1.27. The number of methoxy groups -OCH3 is 1. The third-order valence-electron chi connectivity index (χ3n) is 2.21. The van der Waals surface area contributed by atoms with Gasteiger partial charge in [0.1, 0.15) is 0 Å². The normalized spacial score (nSPS) is 12.2. The Morgan fingerprint density at radius 1 is 1.62 bits per heavy atom. The van der Waals surface area contributed by atoms with Crippen molar-refractivity contribution in [2.45, 2.75) is 13.0 Å². The highest BCUT2D eigenvalue weighted by Gasteiger charge is 2.11. The Balaban J connectivity index is 2.65. The van der Waals surface area contributed by atoms with Crippen molar-refractivity contribution in [3.8, 4) is 0 Å². The zero-order chi connectivity index (χ0) is 12.1. The SMILES string of the molecule is COC(=O)CNC(C)c1ccc(Br)cc1Cl. The molecule has 1 rings (SSSR count). The van der Waals surface area contributed by atoms with E-state index in [2.05, 4.69) is 26.0 Å². The van der Waals surface area contributed by atoms with Gasteiger partial charge in [-0.2, -0.15) is 0 Å². The summed E-state index contributed by atoms with van der Waals surface area (Å²) in [5, 5.41) is 3.70. The van der Waals surface area contributed by atoms with Crippen molar-refractivity contribution in [3.63, 3.8) is 0 Å². The summed E-state index contributed by atoms with van der Waals surface area (Å²) in [5.74, 6) is -0.292. The lowest BCUT2D eigenvalue weighted by Gasteiger charge is -2.15. The van der Waals surface area contributed by atoms with Gasteiger partial charge in [0.25, 0.3) is 0 Å². The second kappa shape index (κ2) is 6.23. The number of ether oxygens (including phenoxy) is 1. The predicted octanol–water partition coefficient (Wildman–Crippen LogP) is 2.93. The average molecular weight is 307 g/mol. The highest BCUT2D eigenvalue weighted by atomic mass is 79.9. The molecule has 0 heterocycles. The third kappa shape index (κ3) is 3.77. The summed E-state index contributed by atoms with van der Waals surface area (Å²) in [6.07, 6.45) is 0. The molecule has 88 valence electrons. The van der Waals surface area contributed by atoms with Gasteiger partial charge < -0.3 is 10.1 Å². The van der Waals surface area contributed by atoms with Crippen LogP contribution in [0.5, 0.6) is 0 Å². The molecule has 16 heavy (non-hydrogen) atoms. The highest BCUT2D eigenvalue weighted by molar-refractivity contribution is 9.10. The minimum absolute atomic E-state index is 0.000278. The summed E-state index contributed by atoms with van der Waals surface area (Å²) in [7, 11) is 1.36. The fourth-order valence-corrected chi connectivity index (χ4v) is 2.11. The molecule has 0 aliphatic heterocycles. The van der Waals surface area contributed by atoms with Crippen molar-refractivity contribution >= 4 is 33.5 Å². The largest absolute Gasteiger partial charge is 0.468 e. The maximum Gasteiger partial charge on any atom is 0.319 e. The molecule has 0 fully saturated rings. The number of benzene rings is 1.